The van der Waals surface area contributed by atoms with Gasteiger partial charge in [-0.1, -0.05) is 29.8 Å². The maximum Gasteiger partial charge on any atom is 0.216 e. The van der Waals surface area contributed by atoms with E-state index in [1.54, 1.807) is 0 Å². The molecule has 1 aromatic heterocycles. The zero-order chi connectivity index (χ0) is 14.1. The fourth-order valence-corrected chi connectivity index (χ4v) is 2.60. The summed E-state index contributed by atoms with van der Waals surface area (Å²) >= 11 is 6.04. The Balaban J connectivity index is 2.14. The highest BCUT2D eigenvalue weighted by molar-refractivity contribution is 6.30. The number of rotatable bonds is 2. The van der Waals surface area contributed by atoms with Crippen molar-refractivity contribution in [2.45, 2.75) is 13.8 Å². The van der Waals surface area contributed by atoms with Gasteiger partial charge in [-0.25, -0.2) is 4.98 Å². The Hall–Kier alpha value is -2.06. The summed E-state index contributed by atoms with van der Waals surface area (Å²) in [5.41, 5.74) is 5.60. The second kappa shape index (κ2) is 5.14. The first-order valence-corrected chi connectivity index (χ1v) is 6.96. The van der Waals surface area contributed by atoms with Gasteiger partial charge in [0.1, 0.15) is 0 Å². The van der Waals surface area contributed by atoms with Crippen molar-refractivity contribution in [3.8, 4) is 0 Å². The molecule has 2 N–H and O–H groups in total. The van der Waals surface area contributed by atoms with E-state index in [0.717, 1.165) is 27.6 Å². The Morgan fingerprint density at radius 2 is 1.80 bits per heavy atom. The molecule has 0 atom stereocenters. The summed E-state index contributed by atoms with van der Waals surface area (Å²) in [6, 6.07) is 16.2. The zero-order valence-corrected chi connectivity index (χ0v) is 12.3. The molecule has 3 rings (SSSR count). The van der Waals surface area contributed by atoms with E-state index in [-0.39, 0.29) is 0 Å². The number of halogens is 1. The van der Waals surface area contributed by atoms with Gasteiger partial charge in [-0.3, -0.25) is 0 Å². The molecule has 100 valence electrons. The van der Waals surface area contributed by atoms with Crippen LogP contribution in [0.2, 0.25) is 5.02 Å². The van der Waals surface area contributed by atoms with E-state index < -0.39 is 0 Å². The van der Waals surface area contributed by atoms with Crippen LogP contribution in [-0.2, 0) is 0 Å². The van der Waals surface area contributed by atoms with Crippen LogP contribution in [0, 0.1) is 13.8 Å². The van der Waals surface area contributed by atoms with Crippen LogP contribution in [0.4, 0.5) is 11.4 Å². The minimum atomic E-state index is 0.731. The lowest BCUT2D eigenvalue weighted by atomic mass is 10.1. The summed E-state index contributed by atoms with van der Waals surface area (Å²) in [6.45, 7) is 4.18. The molecule has 0 aliphatic rings. The van der Waals surface area contributed by atoms with Crippen molar-refractivity contribution in [1.82, 2.24) is 0 Å². The van der Waals surface area contributed by atoms with Crippen LogP contribution in [0.15, 0.2) is 48.5 Å². The molecule has 0 amide bonds. The minimum absolute atomic E-state index is 0.731. The van der Waals surface area contributed by atoms with Gasteiger partial charge in [-0.15, -0.1) is 0 Å². The first kappa shape index (κ1) is 12.9. The highest BCUT2D eigenvalue weighted by atomic mass is 35.5. The van der Waals surface area contributed by atoms with Gasteiger partial charge in [0.25, 0.3) is 0 Å². The van der Waals surface area contributed by atoms with Crippen molar-refractivity contribution in [3.05, 3.63) is 64.8 Å². The maximum absolute atomic E-state index is 6.04. The Labute approximate surface area is 123 Å². The average Bonchev–Trinajstić information content (AvgIpc) is 2.40. The standard InChI is InChI=1S/C17H15ClN2/c1-11-5-3-8-15-16(9-12(2)19-17(11)15)20-14-7-4-6-13(18)10-14/h3-10H,1-2H3,(H,19,20)/p+1. The van der Waals surface area contributed by atoms with Crippen molar-refractivity contribution < 1.29 is 4.98 Å². The van der Waals surface area contributed by atoms with Crippen LogP contribution in [0.3, 0.4) is 0 Å². The maximum atomic E-state index is 6.04. The molecular formula is C17H16ClN2+. The van der Waals surface area contributed by atoms with Crippen LogP contribution in [-0.4, -0.2) is 0 Å². The Bertz CT molecular complexity index is 781. The molecule has 1 heterocycles. The van der Waals surface area contributed by atoms with E-state index in [1.165, 1.54) is 10.9 Å². The number of benzene rings is 2. The number of hydrogen-bond acceptors (Lipinski definition) is 1. The van der Waals surface area contributed by atoms with E-state index in [1.807, 2.05) is 24.3 Å². The molecule has 0 fully saturated rings. The Morgan fingerprint density at radius 1 is 1.00 bits per heavy atom. The number of aromatic nitrogens is 1. The van der Waals surface area contributed by atoms with E-state index in [0.29, 0.717) is 0 Å². The van der Waals surface area contributed by atoms with Gasteiger partial charge in [0.2, 0.25) is 5.52 Å². The number of aryl methyl sites for hydroxylation is 2. The third-order valence-electron chi connectivity index (χ3n) is 3.35. The van der Waals surface area contributed by atoms with Gasteiger partial charge in [0.15, 0.2) is 5.69 Å². The van der Waals surface area contributed by atoms with Crippen LogP contribution in [0.25, 0.3) is 10.9 Å². The zero-order valence-electron chi connectivity index (χ0n) is 11.5. The predicted molar refractivity (Wildman–Crippen MR) is 84.7 cm³/mol. The number of pyridine rings is 1. The lowest BCUT2D eigenvalue weighted by Gasteiger charge is -2.09. The van der Waals surface area contributed by atoms with E-state index in [9.17, 15) is 0 Å². The summed E-state index contributed by atoms with van der Waals surface area (Å²) in [5.74, 6) is 0. The molecule has 3 aromatic rings. The van der Waals surface area contributed by atoms with E-state index in [2.05, 4.69) is 48.4 Å². The Kier molecular flexibility index (Phi) is 3.33. The van der Waals surface area contributed by atoms with E-state index in [4.69, 9.17) is 11.6 Å². The number of anilines is 2. The van der Waals surface area contributed by atoms with Crippen molar-refractivity contribution in [2.75, 3.05) is 5.32 Å². The van der Waals surface area contributed by atoms with Crippen LogP contribution >= 0.6 is 11.6 Å². The summed E-state index contributed by atoms with van der Waals surface area (Å²) in [6.07, 6.45) is 0. The quantitative estimate of drug-likeness (QED) is 0.727. The van der Waals surface area contributed by atoms with Gasteiger partial charge < -0.3 is 5.32 Å². The molecule has 0 saturated heterocycles. The number of hydrogen-bond donors (Lipinski definition) is 1. The molecule has 0 bridgehead atoms. The normalized spacial score (nSPS) is 10.8. The monoisotopic (exact) mass is 283 g/mol. The average molecular weight is 284 g/mol. The highest BCUT2D eigenvalue weighted by Gasteiger charge is 2.11. The number of H-pyrrole nitrogens is 1. The molecule has 0 aliphatic heterocycles. The van der Waals surface area contributed by atoms with Crippen LogP contribution in [0.1, 0.15) is 11.3 Å². The summed E-state index contributed by atoms with van der Waals surface area (Å²) in [5, 5.41) is 5.36. The van der Waals surface area contributed by atoms with E-state index >= 15 is 0 Å². The first-order valence-electron chi connectivity index (χ1n) is 6.58. The minimum Gasteiger partial charge on any atom is -0.355 e. The molecule has 20 heavy (non-hydrogen) atoms. The number of para-hydroxylation sites is 1. The molecule has 3 heteroatoms. The van der Waals surface area contributed by atoms with Crippen molar-refractivity contribution >= 4 is 33.9 Å². The highest BCUT2D eigenvalue weighted by Crippen LogP contribution is 2.27. The molecule has 2 aromatic carbocycles. The molecule has 0 spiro atoms. The third kappa shape index (κ3) is 2.47. The molecule has 2 nitrogen and oxygen atoms in total. The second-order valence-electron chi connectivity index (χ2n) is 5.00. The lowest BCUT2D eigenvalue weighted by molar-refractivity contribution is -0.354. The fourth-order valence-electron chi connectivity index (χ4n) is 2.41. The van der Waals surface area contributed by atoms with Gasteiger partial charge in [-0.2, -0.15) is 0 Å². The number of nitrogens with one attached hydrogen (secondary N) is 2. The topological polar surface area (TPSA) is 26.2 Å². The lowest BCUT2D eigenvalue weighted by Crippen LogP contribution is -2.11. The van der Waals surface area contributed by atoms with Crippen molar-refractivity contribution in [2.24, 2.45) is 0 Å². The Morgan fingerprint density at radius 3 is 2.60 bits per heavy atom. The van der Waals surface area contributed by atoms with Crippen LogP contribution < -0.4 is 10.3 Å². The number of aromatic amines is 1. The molecular weight excluding hydrogens is 268 g/mol. The third-order valence-corrected chi connectivity index (χ3v) is 3.58. The smallest absolute Gasteiger partial charge is 0.216 e. The summed E-state index contributed by atoms with van der Waals surface area (Å²) in [7, 11) is 0. The van der Waals surface area contributed by atoms with Gasteiger partial charge >= 0.3 is 0 Å². The second-order valence-corrected chi connectivity index (χ2v) is 5.44. The molecule has 0 saturated carbocycles. The largest absolute Gasteiger partial charge is 0.355 e. The van der Waals surface area contributed by atoms with Crippen LogP contribution in [0.5, 0.6) is 0 Å². The first-order chi connectivity index (χ1) is 9.63. The van der Waals surface area contributed by atoms with Gasteiger partial charge in [0, 0.05) is 29.3 Å². The van der Waals surface area contributed by atoms with Crippen molar-refractivity contribution in [3.63, 3.8) is 0 Å². The van der Waals surface area contributed by atoms with Gasteiger partial charge in [-0.05, 0) is 31.2 Å². The summed E-state index contributed by atoms with van der Waals surface area (Å²) < 4.78 is 0. The SMILES string of the molecule is Cc1cc(Nc2cccc(Cl)c2)c2cccc(C)c2[nH+]1. The van der Waals surface area contributed by atoms with Gasteiger partial charge in [0.05, 0.1) is 11.1 Å². The summed E-state index contributed by atoms with van der Waals surface area (Å²) in [4.78, 5) is 3.43. The van der Waals surface area contributed by atoms with Crippen molar-refractivity contribution in [1.29, 1.82) is 0 Å². The molecule has 0 unspecified atom stereocenters. The predicted octanol–water partition coefficient (Wildman–Crippen LogP) is 4.67. The molecule has 0 radical (unpaired) electrons. The fraction of sp³-hybridized carbons (Fsp3) is 0.118. The molecule has 0 aliphatic carbocycles. The number of fused-ring (bicyclic) bond motifs is 1.